The summed E-state index contributed by atoms with van der Waals surface area (Å²) in [5, 5.41) is 14.0. The minimum Gasteiger partial charge on any atom is -0.394 e. The molecular weight excluding hydrogens is 262 g/mol. The number of benzene rings is 1. The van der Waals surface area contributed by atoms with Crippen LogP contribution < -0.4 is 0 Å². The molecule has 0 amide bonds. The van der Waals surface area contributed by atoms with Crippen LogP contribution in [0.2, 0.25) is 0 Å². The number of fused-ring (bicyclic) bond motifs is 1. The van der Waals surface area contributed by atoms with E-state index in [1.165, 1.54) is 16.7 Å². The fourth-order valence-electron chi connectivity index (χ4n) is 3.27. The molecule has 1 aromatic carbocycles. The zero-order valence-electron chi connectivity index (χ0n) is 12.6. The van der Waals surface area contributed by atoms with Crippen molar-refractivity contribution in [3.63, 3.8) is 0 Å². The first-order valence-corrected chi connectivity index (χ1v) is 7.68. The molecule has 4 heteroatoms. The van der Waals surface area contributed by atoms with Crippen LogP contribution in [0.25, 0.3) is 0 Å². The predicted molar refractivity (Wildman–Crippen MR) is 83.1 cm³/mol. The minimum absolute atomic E-state index is 0.156. The lowest BCUT2D eigenvalue weighted by molar-refractivity contribution is 0.113. The second-order valence-electron chi connectivity index (χ2n) is 5.81. The summed E-state index contributed by atoms with van der Waals surface area (Å²) in [5.74, 6) is 0. The third kappa shape index (κ3) is 3.17. The van der Waals surface area contributed by atoms with Crippen LogP contribution in [-0.4, -0.2) is 39.5 Å². The maximum absolute atomic E-state index is 9.77. The monoisotopic (exact) mass is 285 g/mol. The van der Waals surface area contributed by atoms with E-state index >= 15 is 0 Å². The van der Waals surface area contributed by atoms with Crippen LogP contribution in [-0.2, 0) is 19.9 Å². The molecule has 0 saturated carbocycles. The highest BCUT2D eigenvalue weighted by Gasteiger charge is 2.25. The molecule has 1 aliphatic rings. The summed E-state index contributed by atoms with van der Waals surface area (Å²) in [5.41, 5.74) is 3.98. The Morgan fingerprint density at radius 2 is 2.19 bits per heavy atom. The molecule has 0 radical (unpaired) electrons. The molecule has 0 spiro atoms. The molecule has 2 heterocycles. The molecule has 0 fully saturated rings. The standard InChI is InChI=1S/C17H23N3O/c1-19-12-14(11-18-19)5-4-9-20-10-8-15-6-2-3-7-16(15)17(20)13-21/h2-3,6-7,11-12,17,21H,4-5,8-10,13H2,1H3. The second kappa shape index (κ2) is 6.41. The fourth-order valence-corrected chi connectivity index (χ4v) is 3.27. The van der Waals surface area contributed by atoms with Crippen LogP contribution in [0.5, 0.6) is 0 Å². The van der Waals surface area contributed by atoms with E-state index < -0.39 is 0 Å². The van der Waals surface area contributed by atoms with Crippen LogP contribution in [0.1, 0.15) is 29.2 Å². The van der Waals surface area contributed by atoms with Crippen LogP contribution in [0.15, 0.2) is 36.7 Å². The van der Waals surface area contributed by atoms with E-state index in [2.05, 4.69) is 40.5 Å². The van der Waals surface area contributed by atoms with Gasteiger partial charge in [0.25, 0.3) is 0 Å². The Hall–Kier alpha value is -1.65. The van der Waals surface area contributed by atoms with Gasteiger partial charge in [-0.2, -0.15) is 5.10 Å². The molecule has 1 aliphatic heterocycles. The van der Waals surface area contributed by atoms with Gasteiger partial charge in [0, 0.05) is 19.8 Å². The Labute approximate surface area is 126 Å². The molecule has 112 valence electrons. The molecule has 3 rings (SSSR count). The highest BCUT2D eigenvalue weighted by atomic mass is 16.3. The SMILES string of the molecule is Cn1cc(CCCN2CCc3ccccc3C2CO)cn1. The van der Waals surface area contributed by atoms with Gasteiger partial charge in [-0.1, -0.05) is 24.3 Å². The van der Waals surface area contributed by atoms with Crippen LogP contribution >= 0.6 is 0 Å². The lowest BCUT2D eigenvalue weighted by Gasteiger charge is -2.36. The van der Waals surface area contributed by atoms with Crippen molar-refractivity contribution in [2.24, 2.45) is 7.05 Å². The third-order valence-corrected chi connectivity index (χ3v) is 4.37. The Morgan fingerprint density at radius 1 is 1.33 bits per heavy atom. The minimum atomic E-state index is 0.156. The quantitative estimate of drug-likeness (QED) is 0.913. The van der Waals surface area contributed by atoms with E-state index in [0.29, 0.717) is 0 Å². The predicted octanol–water partition coefficient (Wildman–Crippen LogP) is 1.94. The zero-order valence-corrected chi connectivity index (χ0v) is 12.6. The van der Waals surface area contributed by atoms with Gasteiger partial charge in [-0.15, -0.1) is 0 Å². The number of aliphatic hydroxyl groups excluding tert-OH is 1. The molecule has 21 heavy (non-hydrogen) atoms. The number of aliphatic hydroxyl groups is 1. The Kier molecular flexibility index (Phi) is 4.36. The first-order chi connectivity index (χ1) is 10.3. The Bertz CT molecular complexity index is 593. The lowest BCUT2D eigenvalue weighted by atomic mass is 9.93. The normalized spacial score (nSPS) is 18.7. The molecule has 1 atom stereocenters. The number of hydrogen-bond donors (Lipinski definition) is 1. The van der Waals surface area contributed by atoms with Crippen LogP contribution in [0.4, 0.5) is 0 Å². The molecule has 4 nitrogen and oxygen atoms in total. The van der Waals surface area contributed by atoms with Gasteiger partial charge in [0.05, 0.1) is 18.8 Å². The van der Waals surface area contributed by atoms with Gasteiger partial charge in [0.15, 0.2) is 0 Å². The molecule has 0 saturated heterocycles. The lowest BCUT2D eigenvalue weighted by Crippen LogP contribution is -2.38. The van der Waals surface area contributed by atoms with Gasteiger partial charge >= 0.3 is 0 Å². The molecule has 1 N–H and O–H groups in total. The van der Waals surface area contributed by atoms with E-state index in [4.69, 9.17) is 0 Å². The van der Waals surface area contributed by atoms with Crippen LogP contribution in [0, 0.1) is 0 Å². The first kappa shape index (κ1) is 14.3. The summed E-state index contributed by atoms with van der Waals surface area (Å²) < 4.78 is 1.85. The summed E-state index contributed by atoms with van der Waals surface area (Å²) in [4.78, 5) is 2.42. The van der Waals surface area contributed by atoms with Crippen LogP contribution in [0.3, 0.4) is 0 Å². The van der Waals surface area contributed by atoms with Gasteiger partial charge in [-0.05, 0) is 42.5 Å². The average molecular weight is 285 g/mol. The molecule has 0 aliphatic carbocycles. The van der Waals surface area contributed by atoms with Gasteiger partial charge in [0.2, 0.25) is 0 Å². The number of hydrogen-bond acceptors (Lipinski definition) is 3. The topological polar surface area (TPSA) is 41.3 Å². The highest BCUT2D eigenvalue weighted by Crippen LogP contribution is 2.29. The van der Waals surface area contributed by atoms with E-state index in [1.54, 1.807) is 0 Å². The van der Waals surface area contributed by atoms with Crippen molar-refractivity contribution < 1.29 is 5.11 Å². The van der Waals surface area contributed by atoms with Crippen molar-refractivity contribution in [3.8, 4) is 0 Å². The number of aromatic nitrogens is 2. The second-order valence-corrected chi connectivity index (χ2v) is 5.81. The maximum atomic E-state index is 9.77. The maximum Gasteiger partial charge on any atom is 0.0628 e. The van der Waals surface area contributed by atoms with Crippen molar-refractivity contribution >= 4 is 0 Å². The number of nitrogens with zero attached hydrogens (tertiary/aromatic N) is 3. The third-order valence-electron chi connectivity index (χ3n) is 4.37. The molecule has 2 aromatic rings. The van der Waals surface area contributed by atoms with Crippen molar-refractivity contribution in [2.45, 2.75) is 25.3 Å². The highest BCUT2D eigenvalue weighted by molar-refractivity contribution is 5.32. The number of aryl methyl sites for hydroxylation is 2. The summed E-state index contributed by atoms with van der Waals surface area (Å²) in [6.45, 7) is 2.26. The van der Waals surface area contributed by atoms with E-state index in [9.17, 15) is 5.11 Å². The van der Waals surface area contributed by atoms with Gasteiger partial charge in [0.1, 0.15) is 0 Å². The van der Waals surface area contributed by atoms with E-state index in [-0.39, 0.29) is 12.6 Å². The Morgan fingerprint density at radius 3 is 2.95 bits per heavy atom. The molecular formula is C17H23N3O. The fraction of sp³-hybridized carbons (Fsp3) is 0.471. The summed E-state index contributed by atoms with van der Waals surface area (Å²) >= 11 is 0. The van der Waals surface area contributed by atoms with E-state index in [0.717, 1.165) is 32.4 Å². The summed E-state index contributed by atoms with van der Waals surface area (Å²) in [6.07, 6.45) is 7.25. The molecule has 1 aromatic heterocycles. The van der Waals surface area contributed by atoms with Gasteiger partial charge in [-0.25, -0.2) is 0 Å². The van der Waals surface area contributed by atoms with Crippen molar-refractivity contribution in [1.82, 2.24) is 14.7 Å². The van der Waals surface area contributed by atoms with Crippen molar-refractivity contribution in [2.75, 3.05) is 19.7 Å². The van der Waals surface area contributed by atoms with E-state index in [1.807, 2.05) is 17.9 Å². The average Bonchev–Trinajstić information content (AvgIpc) is 2.92. The molecule has 1 unspecified atom stereocenters. The van der Waals surface area contributed by atoms with Gasteiger partial charge in [-0.3, -0.25) is 9.58 Å². The van der Waals surface area contributed by atoms with Crippen molar-refractivity contribution in [1.29, 1.82) is 0 Å². The largest absolute Gasteiger partial charge is 0.394 e. The molecule has 0 bridgehead atoms. The number of rotatable bonds is 5. The zero-order chi connectivity index (χ0) is 14.7. The summed E-state index contributed by atoms with van der Waals surface area (Å²) in [7, 11) is 1.95. The summed E-state index contributed by atoms with van der Waals surface area (Å²) in [6, 6.07) is 8.66. The van der Waals surface area contributed by atoms with Crippen molar-refractivity contribution in [3.05, 3.63) is 53.3 Å². The first-order valence-electron chi connectivity index (χ1n) is 7.68. The van der Waals surface area contributed by atoms with Gasteiger partial charge < -0.3 is 5.11 Å². The Balaban J connectivity index is 1.61. The smallest absolute Gasteiger partial charge is 0.0628 e.